The van der Waals surface area contributed by atoms with Crippen molar-refractivity contribution in [3.05, 3.63) is 21.9 Å². The minimum absolute atomic E-state index is 0.107. The zero-order valence-electron chi connectivity index (χ0n) is 9.69. The number of carboxylic acid groups (broad SMARTS) is 1. The second-order valence-corrected chi connectivity index (χ2v) is 3.61. The predicted molar refractivity (Wildman–Crippen MR) is 57.8 cm³/mol. The number of hydrogen-bond acceptors (Lipinski definition) is 7. The van der Waals surface area contributed by atoms with Crippen LogP contribution in [-0.2, 0) is 9.59 Å². The van der Waals surface area contributed by atoms with E-state index >= 15 is 0 Å². The molecule has 1 aromatic rings. The first-order valence-corrected chi connectivity index (χ1v) is 5.02. The summed E-state index contributed by atoms with van der Waals surface area (Å²) in [6.07, 6.45) is -0.349. The zero-order valence-corrected chi connectivity index (χ0v) is 9.69. The zero-order chi connectivity index (χ0) is 14.6. The third-order valence-corrected chi connectivity index (χ3v) is 2.11. The molecule has 9 heteroatoms. The molecule has 0 aliphatic heterocycles. The van der Waals surface area contributed by atoms with Gasteiger partial charge in [0.05, 0.1) is 17.3 Å². The number of hydrogen-bond donors (Lipinski definition) is 1. The summed E-state index contributed by atoms with van der Waals surface area (Å²) in [5.74, 6) is -4.19. The first-order chi connectivity index (χ1) is 8.85. The maximum absolute atomic E-state index is 11.4. The molecule has 1 aromatic heterocycles. The molecule has 0 radical (unpaired) electrons. The molecule has 0 fully saturated rings. The van der Waals surface area contributed by atoms with Gasteiger partial charge in [-0.2, -0.15) is 0 Å². The monoisotopic (exact) mass is 271 g/mol. The second-order valence-electron chi connectivity index (χ2n) is 3.61. The van der Waals surface area contributed by atoms with Crippen molar-refractivity contribution < 1.29 is 33.6 Å². The molecule has 1 rings (SSSR count). The molecule has 0 amide bonds. The SMILES string of the molecule is CC(CC(=O)O)C(=O)Oc1cc([N+](=O)[O-])c(C=O)o1. The molecule has 0 saturated carbocycles. The van der Waals surface area contributed by atoms with Crippen LogP contribution in [-0.4, -0.2) is 28.3 Å². The Morgan fingerprint density at radius 3 is 2.68 bits per heavy atom. The number of carbonyl (C=O) groups is 3. The van der Waals surface area contributed by atoms with Crippen LogP contribution < -0.4 is 4.74 Å². The Labute approximate surface area is 105 Å². The standard InChI is InChI=1S/C10H9NO8/c1-5(2-8(13)14)10(15)19-9-3-6(11(16)17)7(4-12)18-9/h3-5H,2H2,1H3,(H,13,14). The van der Waals surface area contributed by atoms with Crippen molar-refractivity contribution in [1.82, 2.24) is 0 Å². The number of rotatable bonds is 6. The van der Waals surface area contributed by atoms with Gasteiger partial charge in [-0.1, -0.05) is 6.92 Å². The molecule has 1 heterocycles. The summed E-state index contributed by atoms with van der Waals surface area (Å²) < 4.78 is 9.27. The van der Waals surface area contributed by atoms with Gasteiger partial charge in [-0.05, 0) is 0 Å². The average molecular weight is 271 g/mol. The van der Waals surface area contributed by atoms with Gasteiger partial charge < -0.3 is 14.3 Å². The minimum Gasteiger partial charge on any atom is -0.481 e. The van der Waals surface area contributed by atoms with Crippen molar-refractivity contribution >= 4 is 23.9 Å². The number of nitro groups is 1. The fourth-order valence-electron chi connectivity index (χ4n) is 1.20. The smallest absolute Gasteiger partial charge is 0.322 e. The molecular formula is C10H9NO8. The van der Waals surface area contributed by atoms with Gasteiger partial charge in [-0.3, -0.25) is 24.5 Å². The normalized spacial score (nSPS) is 11.6. The van der Waals surface area contributed by atoms with E-state index in [1.807, 2.05) is 0 Å². The van der Waals surface area contributed by atoms with Gasteiger partial charge in [0.1, 0.15) is 6.07 Å². The number of esters is 1. The Balaban J connectivity index is 2.83. The molecule has 0 bridgehead atoms. The molecule has 0 spiro atoms. The number of furan rings is 1. The van der Waals surface area contributed by atoms with Crippen LogP contribution in [0, 0.1) is 16.0 Å². The van der Waals surface area contributed by atoms with Crippen molar-refractivity contribution in [3.63, 3.8) is 0 Å². The summed E-state index contributed by atoms with van der Waals surface area (Å²) in [7, 11) is 0. The van der Waals surface area contributed by atoms with E-state index in [2.05, 4.69) is 9.15 Å². The lowest BCUT2D eigenvalue weighted by Gasteiger charge is -2.05. The van der Waals surface area contributed by atoms with Crippen LogP contribution in [0.2, 0.25) is 0 Å². The topological polar surface area (TPSA) is 137 Å². The first-order valence-electron chi connectivity index (χ1n) is 5.02. The number of ether oxygens (including phenoxy) is 1. The molecule has 1 N–H and O–H groups in total. The Bertz CT molecular complexity index is 532. The van der Waals surface area contributed by atoms with Crippen LogP contribution in [0.5, 0.6) is 5.95 Å². The van der Waals surface area contributed by atoms with Gasteiger partial charge in [-0.15, -0.1) is 0 Å². The van der Waals surface area contributed by atoms with E-state index in [1.165, 1.54) is 6.92 Å². The molecular weight excluding hydrogens is 262 g/mol. The van der Waals surface area contributed by atoms with Crippen LogP contribution in [0.1, 0.15) is 23.9 Å². The Morgan fingerprint density at radius 1 is 1.63 bits per heavy atom. The maximum atomic E-state index is 11.4. The van der Waals surface area contributed by atoms with Crippen molar-refractivity contribution in [3.8, 4) is 5.95 Å². The highest BCUT2D eigenvalue weighted by Gasteiger charge is 2.25. The van der Waals surface area contributed by atoms with Gasteiger partial charge >= 0.3 is 17.6 Å². The van der Waals surface area contributed by atoms with Gasteiger partial charge in [0.25, 0.3) is 5.95 Å². The third-order valence-electron chi connectivity index (χ3n) is 2.11. The molecule has 9 nitrogen and oxygen atoms in total. The van der Waals surface area contributed by atoms with Crippen LogP contribution in [0.4, 0.5) is 5.69 Å². The van der Waals surface area contributed by atoms with E-state index in [4.69, 9.17) is 5.11 Å². The first kappa shape index (κ1) is 14.4. The van der Waals surface area contributed by atoms with Crippen molar-refractivity contribution in [1.29, 1.82) is 0 Å². The lowest BCUT2D eigenvalue weighted by molar-refractivity contribution is -0.385. The van der Waals surface area contributed by atoms with E-state index in [1.54, 1.807) is 0 Å². The molecule has 0 saturated heterocycles. The highest BCUT2D eigenvalue weighted by atomic mass is 16.6. The van der Waals surface area contributed by atoms with Crippen molar-refractivity contribution in [2.24, 2.45) is 5.92 Å². The number of aldehydes is 1. The summed E-state index contributed by atoms with van der Waals surface area (Å²) in [5.41, 5.74) is -0.635. The highest BCUT2D eigenvalue weighted by Crippen LogP contribution is 2.27. The largest absolute Gasteiger partial charge is 0.481 e. The summed E-state index contributed by atoms with van der Waals surface area (Å²) in [5, 5.41) is 19.0. The van der Waals surface area contributed by atoms with E-state index in [0.717, 1.165) is 6.07 Å². The molecule has 102 valence electrons. The van der Waals surface area contributed by atoms with Gasteiger partial charge in [0, 0.05) is 0 Å². The number of aliphatic carboxylic acids is 1. The van der Waals surface area contributed by atoms with E-state index in [0.29, 0.717) is 0 Å². The quantitative estimate of drug-likeness (QED) is 0.350. The Morgan fingerprint density at radius 2 is 2.26 bits per heavy atom. The minimum atomic E-state index is -1.19. The molecule has 0 aromatic carbocycles. The second kappa shape index (κ2) is 5.76. The Hall–Kier alpha value is -2.71. The lowest BCUT2D eigenvalue weighted by atomic mass is 10.1. The summed E-state index contributed by atoms with van der Waals surface area (Å²) >= 11 is 0. The number of nitrogens with zero attached hydrogens (tertiary/aromatic N) is 1. The fraction of sp³-hybridized carbons (Fsp3) is 0.300. The highest BCUT2D eigenvalue weighted by molar-refractivity contribution is 5.81. The van der Waals surface area contributed by atoms with E-state index < -0.39 is 46.6 Å². The summed E-state index contributed by atoms with van der Waals surface area (Å²) in [6.45, 7) is 1.31. The summed E-state index contributed by atoms with van der Waals surface area (Å²) in [4.78, 5) is 42.0. The van der Waals surface area contributed by atoms with Crippen molar-refractivity contribution in [2.45, 2.75) is 13.3 Å². The molecule has 0 aliphatic rings. The fourth-order valence-corrected chi connectivity index (χ4v) is 1.20. The third kappa shape index (κ3) is 3.63. The molecule has 1 atom stereocenters. The van der Waals surface area contributed by atoms with Crippen LogP contribution in [0.15, 0.2) is 10.5 Å². The van der Waals surface area contributed by atoms with Gasteiger partial charge in [0.2, 0.25) is 5.76 Å². The Kier molecular flexibility index (Phi) is 4.35. The molecule has 19 heavy (non-hydrogen) atoms. The number of carboxylic acids is 1. The number of carbonyl (C=O) groups excluding carboxylic acids is 2. The molecule has 1 unspecified atom stereocenters. The van der Waals surface area contributed by atoms with E-state index in [9.17, 15) is 24.5 Å². The van der Waals surface area contributed by atoms with Crippen LogP contribution >= 0.6 is 0 Å². The van der Waals surface area contributed by atoms with Crippen molar-refractivity contribution in [2.75, 3.05) is 0 Å². The lowest BCUT2D eigenvalue weighted by Crippen LogP contribution is -2.20. The average Bonchev–Trinajstić information content (AvgIpc) is 2.71. The van der Waals surface area contributed by atoms with Gasteiger partial charge in [0.15, 0.2) is 6.29 Å². The molecule has 0 aliphatic carbocycles. The maximum Gasteiger partial charge on any atom is 0.322 e. The summed E-state index contributed by atoms with van der Waals surface area (Å²) in [6, 6.07) is 0.773. The predicted octanol–water partition coefficient (Wildman–Crippen LogP) is 1.02. The van der Waals surface area contributed by atoms with Crippen LogP contribution in [0.25, 0.3) is 0 Å². The van der Waals surface area contributed by atoms with Gasteiger partial charge in [-0.25, -0.2) is 0 Å². The van der Waals surface area contributed by atoms with E-state index in [-0.39, 0.29) is 6.29 Å². The van der Waals surface area contributed by atoms with Crippen LogP contribution in [0.3, 0.4) is 0 Å².